The maximum absolute atomic E-state index is 13.0. The first kappa shape index (κ1) is 20.3. The van der Waals surface area contributed by atoms with Gasteiger partial charge in [-0.2, -0.15) is 0 Å². The van der Waals surface area contributed by atoms with E-state index in [9.17, 15) is 4.79 Å². The topological polar surface area (TPSA) is 44.4 Å². The summed E-state index contributed by atoms with van der Waals surface area (Å²) in [6.45, 7) is 5.61. The van der Waals surface area contributed by atoms with Gasteiger partial charge in [-0.15, -0.1) is 24.8 Å². The van der Waals surface area contributed by atoms with E-state index in [-0.39, 0.29) is 30.2 Å². The highest BCUT2D eigenvalue weighted by atomic mass is 35.5. The van der Waals surface area contributed by atoms with E-state index in [0.29, 0.717) is 17.9 Å². The standard InChI is InChI=1S/C18H31N3O.2ClH/c22-17(18-8-2-1-3-15(18)11-19-13-18)20-16-6-9-21(10-7-16)12-14-4-5-14;;/h14-16,19H,1-13H2,(H,20,22);2*1H/t15-,18+;;/m0../s1. The van der Waals surface area contributed by atoms with Crippen LogP contribution in [0.4, 0.5) is 0 Å². The van der Waals surface area contributed by atoms with E-state index in [1.807, 2.05) is 0 Å². The quantitative estimate of drug-likeness (QED) is 0.791. The molecule has 2 saturated carbocycles. The molecular formula is C18H33Cl2N3O. The van der Waals surface area contributed by atoms with Crippen LogP contribution in [0.2, 0.25) is 0 Å². The van der Waals surface area contributed by atoms with E-state index < -0.39 is 0 Å². The zero-order valence-corrected chi connectivity index (χ0v) is 16.2. The maximum Gasteiger partial charge on any atom is 0.228 e. The summed E-state index contributed by atoms with van der Waals surface area (Å²) >= 11 is 0. The van der Waals surface area contributed by atoms with Crippen molar-refractivity contribution in [1.29, 1.82) is 0 Å². The summed E-state index contributed by atoms with van der Waals surface area (Å²) < 4.78 is 0. The Balaban J connectivity index is 0.00000104. The van der Waals surface area contributed by atoms with Crippen LogP contribution >= 0.6 is 24.8 Å². The highest BCUT2D eigenvalue weighted by Crippen LogP contribution is 2.44. The van der Waals surface area contributed by atoms with Crippen LogP contribution in [0.1, 0.15) is 51.4 Å². The molecule has 0 unspecified atom stereocenters. The summed E-state index contributed by atoms with van der Waals surface area (Å²) in [6, 6.07) is 0.417. The van der Waals surface area contributed by atoms with Gasteiger partial charge in [0.25, 0.3) is 0 Å². The van der Waals surface area contributed by atoms with Crippen LogP contribution in [0.5, 0.6) is 0 Å². The summed E-state index contributed by atoms with van der Waals surface area (Å²) in [7, 11) is 0. The second-order valence-corrected chi connectivity index (χ2v) is 8.22. The van der Waals surface area contributed by atoms with Gasteiger partial charge in [-0.25, -0.2) is 0 Å². The van der Waals surface area contributed by atoms with Crippen LogP contribution in [-0.2, 0) is 4.79 Å². The molecule has 6 heteroatoms. The first-order valence-corrected chi connectivity index (χ1v) is 9.50. The van der Waals surface area contributed by atoms with Gasteiger partial charge in [0.1, 0.15) is 0 Å². The molecule has 2 saturated heterocycles. The molecule has 4 fully saturated rings. The average molecular weight is 378 g/mol. The molecule has 140 valence electrons. The minimum Gasteiger partial charge on any atom is -0.353 e. The van der Waals surface area contributed by atoms with Crippen LogP contribution in [-0.4, -0.2) is 49.6 Å². The number of hydrogen-bond donors (Lipinski definition) is 2. The fourth-order valence-corrected chi connectivity index (χ4v) is 4.94. The van der Waals surface area contributed by atoms with Crippen molar-refractivity contribution >= 4 is 30.7 Å². The van der Waals surface area contributed by atoms with Crippen molar-refractivity contribution in [3.05, 3.63) is 0 Å². The van der Waals surface area contributed by atoms with Crippen molar-refractivity contribution in [2.75, 3.05) is 32.7 Å². The van der Waals surface area contributed by atoms with Crippen molar-refractivity contribution in [3.63, 3.8) is 0 Å². The summed E-state index contributed by atoms with van der Waals surface area (Å²) in [5.41, 5.74) is -0.0800. The number of amides is 1. The second-order valence-electron chi connectivity index (χ2n) is 8.22. The number of hydrogen-bond acceptors (Lipinski definition) is 3. The van der Waals surface area contributed by atoms with E-state index in [2.05, 4.69) is 15.5 Å². The number of likely N-dealkylation sites (tertiary alicyclic amines) is 1. The number of carbonyl (C=O) groups is 1. The Morgan fingerprint density at radius 3 is 2.54 bits per heavy atom. The molecule has 2 N–H and O–H groups in total. The van der Waals surface area contributed by atoms with E-state index in [1.54, 1.807) is 0 Å². The van der Waals surface area contributed by atoms with Gasteiger partial charge in [0, 0.05) is 32.2 Å². The van der Waals surface area contributed by atoms with Crippen molar-refractivity contribution in [1.82, 2.24) is 15.5 Å². The smallest absolute Gasteiger partial charge is 0.228 e. The molecular weight excluding hydrogens is 345 g/mol. The number of carbonyl (C=O) groups excluding carboxylic acids is 1. The molecule has 0 aromatic heterocycles. The molecule has 0 aromatic rings. The molecule has 2 aliphatic carbocycles. The zero-order valence-electron chi connectivity index (χ0n) is 14.6. The lowest BCUT2D eigenvalue weighted by atomic mass is 9.67. The number of fused-ring (bicyclic) bond motifs is 1. The third kappa shape index (κ3) is 4.20. The molecule has 1 amide bonds. The molecule has 2 heterocycles. The second kappa shape index (κ2) is 8.57. The molecule has 2 aliphatic heterocycles. The normalized spacial score (nSPS) is 33.9. The van der Waals surface area contributed by atoms with E-state index in [0.717, 1.165) is 38.3 Å². The van der Waals surface area contributed by atoms with Crippen molar-refractivity contribution < 1.29 is 4.79 Å². The lowest BCUT2D eigenvalue weighted by Gasteiger charge is -2.39. The van der Waals surface area contributed by atoms with Gasteiger partial charge < -0.3 is 15.5 Å². The predicted octanol–water partition coefficient (Wildman–Crippen LogP) is 2.60. The summed E-state index contributed by atoms with van der Waals surface area (Å²) in [5.74, 6) is 1.93. The fourth-order valence-electron chi connectivity index (χ4n) is 4.94. The molecule has 4 rings (SSSR count). The SMILES string of the molecule is Cl.Cl.O=C(NC1CCN(CC2CC2)CC1)[C@@]12CCCC[C@H]1CNC2. The van der Waals surface area contributed by atoms with Gasteiger partial charge in [-0.1, -0.05) is 12.8 Å². The number of rotatable bonds is 4. The third-order valence-corrected chi connectivity index (χ3v) is 6.63. The first-order valence-electron chi connectivity index (χ1n) is 9.50. The predicted molar refractivity (Wildman–Crippen MR) is 102 cm³/mol. The molecule has 24 heavy (non-hydrogen) atoms. The number of halogens is 2. The van der Waals surface area contributed by atoms with Crippen LogP contribution in [0.15, 0.2) is 0 Å². The summed E-state index contributed by atoms with van der Waals surface area (Å²) in [4.78, 5) is 15.6. The zero-order chi connectivity index (χ0) is 15.0. The lowest BCUT2D eigenvalue weighted by molar-refractivity contribution is -0.135. The third-order valence-electron chi connectivity index (χ3n) is 6.63. The van der Waals surface area contributed by atoms with E-state index in [4.69, 9.17) is 0 Å². The number of nitrogens with zero attached hydrogens (tertiary/aromatic N) is 1. The maximum atomic E-state index is 13.0. The van der Waals surface area contributed by atoms with E-state index >= 15 is 0 Å². The fraction of sp³-hybridized carbons (Fsp3) is 0.944. The van der Waals surface area contributed by atoms with Crippen molar-refractivity contribution in [3.8, 4) is 0 Å². The largest absolute Gasteiger partial charge is 0.353 e. The highest BCUT2D eigenvalue weighted by Gasteiger charge is 2.50. The van der Waals surface area contributed by atoms with Crippen LogP contribution in [0.3, 0.4) is 0 Å². The molecule has 0 spiro atoms. The molecule has 4 aliphatic rings. The van der Waals surface area contributed by atoms with Crippen LogP contribution in [0.25, 0.3) is 0 Å². The van der Waals surface area contributed by atoms with Gasteiger partial charge in [0.2, 0.25) is 5.91 Å². The Hall–Kier alpha value is -0.0300. The molecule has 0 radical (unpaired) electrons. The molecule has 0 aromatic carbocycles. The van der Waals surface area contributed by atoms with Gasteiger partial charge in [0.05, 0.1) is 5.41 Å². The van der Waals surface area contributed by atoms with E-state index in [1.165, 1.54) is 51.7 Å². The summed E-state index contributed by atoms with van der Waals surface area (Å²) in [5, 5.41) is 6.92. The molecule has 2 atom stereocenters. The average Bonchev–Trinajstić information content (AvgIpc) is 3.24. The molecule has 0 bridgehead atoms. The Labute approximate surface area is 158 Å². The minimum absolute atomic E-state index is 0. The first-order chi connectivity index (χ1) is 10.8. The van der Waals surface area contributed by atoms with Crippen LogP contribution in [0, 0.1) is 17.3 Å². The monoisotopic (exact) mass is 377 g/mol. The van der Waals surface area contributed by atoms with Gasteiger partial charge in [-0.05, 0) is 56.9 Å². The Morgan fingerprint density at radius 1 is 1.08 bits per heavy atom. The highest BCUT2D eigenvalue weighted by molar-refractivity contribution is 5.85. The number of nitrogens with one attached hydrogen (secondary N) is 2. The van der Waals surface area contributed by atoms with Crippen LogP contribution < -0.4 is 10.6 Å². The number of piperidine rings is 1. The molecule has 4 nitrogen and oxygen atoms in total. The lowest BCUT2D eigenvalue weighted by Crippen LogP contribution is -2.53. The van der Waals surface area contributed by atoms with Gasteiger partial charge in [0.15, 0.2) is 0 Å². The summed E-state index contributed by atoms with van der Waals surface area (Å²) in [6.07, 6.45) is 10.0. The Bertz CT molecular complexity index is 424. The van der Waals surface area contributed by atoms with Crippen molar-refractivity contribution in [2.24, 2.45) is 17.3 Å². The Morgan fingerprint density at radius 2 is 1.83 bits per heavy atom. The minimum atomic E-state index is -0.0800. The Kier molecular flexibility index (Phi) is 7.24. The van der Waals surface area contributed by atoms with Crippen molar-refractivity contribution in [2.45, 2.75) is 57.4 Å². The van der Waals surface area contributed by atoms with Gasteiger partial charge >= 0.3 is 0 Å². The van der Waals surface area contributed by atoms with Gasteiger partial charge in [-0.3, -0.25) is 4.79 Å².